The SMILES string of the molecule is COc1ccccc1/C=C1\NC(c2ccccc2)N(c2c(Cl)cc([N+](=O)[O-])cc2Cl)C1=O. The first-order valence-corrected chi connectivity index (χ1v) is 10.3. The van der Waals surface area contributed by atoms with E-state index in [4.69, 9.17) is 27.9 Å². The van der Waals surface area contributed by atoms with E-state index in [1.165, 1.54) is 17.0 Å². The van der Waals surface area contributed by atoms with Crippen molar-refractivity contribution in [2.75, 3.05) is 12.0 Å². The van der Waals surface area contributed by atoms with Gasteiger partial charge in [-0.2, -0.15) is 0 Å². The normalized spacial score (nSPS) is 16.8. The molecule has 32 heavy (non-hydrogen) atoms. The molecule has 1 fully saturated rings. The number of non-ortho nitro benzene ring substituents is 1. The molecule has 9 heteroatoms. The van der Waals surface area contributed by atoms with Crippen molar-refractivity contribution in [2.24, 2.45) is 0 Å². The van der Waals surface area contributed by atoms with Crippen LogP contribution in [-0.2, 0) is 4.79 Å². The molecule has 162 valence electrons. The van der Waals surface area contributed by atoms with Crippen molar-refractivity contribution in [2.45, 2.75) is 6.17 Å². The fourth-order valence-corrected chi connectivity index (χ4v) is 4.21. The van der Waals surface area contributed by atoms with Crippen LogP contribution < -0.4 is 15.0 Å². The van der Waals surface area contributed by atoms with Crippen molar-refractivity contribution in [3.05, 3.63) is 104 Å². The zero-order valence-electron chi connectivity index (χ0n) is 16.8. The van der Waals surface area contributed by atoms with Crippen LogP contribution in [0.3, 0.4) is 0 Å². The molecule has 4 rings (SSSR count). The Hall–Kier alpha value is -3.55. The van der Waals surface area contributed by atoms with E-state index in [-0.39, 0.29) is 27.3 Å². The third-order valence-electron chi connectivity index (χ3n) is 5.01. The number of hydrogen-bond acceptors (Lipinski definition) is 5. The van der Waals surface area contributed by atoms with Gasteiger partial charge in [-0.05, 0) is 17.7 Å². The number of carbonyl (C=O) groups is 1. The van der Waals surface area contributed by atoms with Gasteiger partial charge in [0, 0.05) is 17.7 Å². The summed E-state index contributed by atoms with van der Waals surface area (Å²) >= 11 is 12.8. The van der Waals surface area contributed by atoms with Crippen LogP contribution in [0.4, 0.5) is 11.4 Å². The van der Waals surface area contributed by atoms with E-state index in [2.05, 4.69) is 5.32 Å². The number of carbonyl (C=O) groups excluding carboxylic acids is 1. The van der Waals surface area contributed by atoms with Gasteiger partial charge in [0.25, 0.3) is 11.6 Å². The topological polar surface area (TPSA) is 84.7 Å². The van der Waals surface area contributed by atoms with Crippen LogP contribution in [0.1, 0.15) is 17.3 Å². The minimum atomic E-state index is -0.624. The molecule has 1 N–H and O–H groups in total. The number of hydrogen-bond donors (Lipinski definition) is 1. The predicted octanol–water partition coefficient (Wildman–Crippen LogP) is 5.59. The minimum Gasteiger partial charge on any atom is -0.496 e. The Balaban J connectivity index is 1.85. The van der Waals surface area contributed by atoms with Crippen LogP contribution in [0, 0.1) is 10.1 Å². The second-order valence-corrected chi connectivity index (χ2v) is 7.76. The molecule has 0 bridgehead atoms. The summed E-state index contributed by atoms with van der Waals surface area (Å²) in [4.78, 5) is 25.5. The molecule has 3 aromatic carbocycles. The highest BCUT2D eigenvalue weighted by atomic mass is 35.5. The molecule has 3 aromatic rings. The molecule has 0 radical (unpaired) electrons. The standard InChI is InChI=1S/C23H17Cl2N3O4/c1-32-20-10-6-5-9-15(20)11-19-23(29)27(22(26-19)14-7-3-2-4-8-14)21-17(24)12-16(28(30)31)13-18(21)25/h2-13,22,26H,1H3/b19-11-. The number of ether oxygens (including phenoxy) is 1. The van der Waals surface area contributed by atoms with E-state index >= 15 is 0 Å². The van der Waals surface area contributed by atoms with Gasteiger partial charge in [-0.1, -0.05) is 71.7 Å². The average Bonchev–Trinajstić information content (AvgIpc) is 3.10. The highest BCUT2D eigenvalue weighted by Gasteiger charge is 2.39. The Morgan fingerprint density at radius 2 is 1.69 bits per heavy atom. The highest BCUT2D eigenvalue weighted by Crippen LogP contribution is 2.43. The maximum Gasteiger partial charge on any atom is 0.276 e. The lowest BCUT2D eigenvalue weighted by atomic mass is 10.1. The number of amides is 1. The molecule has 0 aromatic heterocycles. The maximum absolute atomic E-state index is 13.5. The Morgan fingerprint density at radius 3 is 2.31 bits per heavy atom. The van der Waals surface area contributed by atoms with Crippen molar-refractivity contribution in [1.29, 1.82) is 0 Å². The average molecular weight is 470 g/mol. The third-order valence-corrected chi connectivity index (χ3v) is 5.58. The second-order valence-electron chi connectivity index (χ2n) is 6.95. The number of methoxy groups -OCH3 is 1. The Bertz CT molecular complexity index is 1210. The summed E-state index contributed by atoms with van der Waals surface area (Å²) < 4.78 is 5.38. The number of para-hydroxylation sites is 1. The van der Waals surface area contributed by atoms with Gasteiger partial charge >= 0.3 is 0 Å². The molecule has 1 atom stereocenters. The van der Waals surface area contributed by atoms with Crippen LogP contribution in [0.15, 0.2) is 72.4 Å². The van der Waals surface area contributed by atoms with Gasteiger partial charge in [0.2, 0.25) is 0 Å². The zero-order valence-corrected chi connectivity index (χ0v) is 18.3. The number of rotatable bonds is 5. The van der Waals surface area contributed by atoms with Gasteiger partial charge in [0.15, 0.2) is 0 Å². The first-order chi connectivity index (χ1) is 15.4. The second kappa shape index (κ2) is 8.90. The van der Waals surface area contributed by atoms with Crippen LogP contribution in [0.2, 0.25) is 10.0 Å². The summed E-state index contributed by atoms with van der Waals surface area (Å²) in [5.74, 6) is 0.220. The number of nitrogens with one attached hydrogen (secondary N) is 1. The summed E-state index contributed by atoms with van der Waals surface area (Å²) in [7, 11) is 1.55. The molecule has 1 amide bonds. The summed E-state index contributed by atoms with van der Waals surface area (Å²) in [5.41, 5.74) is 1.72. The quantitative estimate of drug-likeness (QED) is 0.299. The van der Waals surface area contributed by atoms with Crippen molar-refractivity contribution in [3.8, 4) is 5.75 Å². The number of nitrogens with zero attached hydrogens (tertiary/aromatic N) is 2. The first-order valence-electron chi connectivity index (χ1n) is 9.54. The monoisotopic (exact) mass is 469 g/mol. The van der Waals surface area contributed by atoms with Crippen molar-refractivity contribution in [1.82, 2.24) is 5.32 Å². The molecular formula is C23H17Cl2N3O4. The Labute approximate surface area is 194 Å². The summed E-state index contributed by atoms with van der Waals surface area (Å²) in [6, 6.07) is 18.9. The molecule has 1 unspecified atom stereocenters. The van der Waals surface area contributed by atoms with Crippen molar-refractivity contribution < 1.29 is 14.5 Å². The van der Waals surface area contributed by atoms with E-state index in [0.29, 0.717) is 17.0 Å². The molecule has 1 aliphatic heterocycles. The van der Waals surface area contributed by atoms with Crippen LogP contribution in [-0.4, -0.2) is 17.9 Å². The summed E-state index contributed by atoms with van der Waals surface area (Å²) in [6.45, 7) is 0. The van der Waals surface area contributed by atoms with Gasteiger partial charge in [-0.25, -0.2) is 0 Å². The zero-order chi connectivity index (χ0) is 22.8. The molecule has 0 spiro atoms. The van der Waals surface area contributed by atoms with E-state index < -0.39 is 11.1 Å². The fraction of sp³-hybridized carbons (Fsp3) is 0.0870. The molecular weight excluding hydrogens is 453 g/mol. The number of nitro groups is 1. The molecule has 1 aliphatic rings. The van der Waals surface area contributed by atoms with Gasteiger partial charge in [0.1, 0.15) is 17.6 Å². The van der Waals surface area contributed by atoms with Crippen LogP contribution in [0.25, 0.3) is 6.08 Å². The van der Waals surface area contributed by atoms with E-state index in [1.54, 1.807) is 19.3 Å². The molecule has 1 heterocycles. The van der Waals surface area contributed by atoms with E-state index in [1.807, 2.05) is 48.5 Å². The first kappa shape index (κ1) is 21.7. The van der Waals surface area contributed by atoms with E-state index in [9.17, 15) is 14.9 Å². The molecule has 0 saturated carbocycles. The molecule has 1 saturated heterocycles. The largest absolute Gasteiger partial charge is 0.496 e. The summed E-state index contributed by atoms with van der Waals surface area (Å²) in [6.07, 6.45) is 1.06. The van der Waals surface area contributed by atoms with Gasteiger partial charge < -0.3 is 10.1 Å². The Kier molecular flexibility index (Phi) is 6.03. The van der Waals surface area contributed by atoms with Gasteiger partial charge in [0.05, 0.1) is 27.8 Å². The van der Waals surface area contributed by atoms with Gasteiger partial charge in [-0.15, -0.1) is 0 Å². The Morgan fingerprint density at radius 1 is 1.06 bits per heavy atom. The number of anilines is 1. The molecule has 7 nitrogen and oxygen atoms in total. The smallest absolute Gasteiger partial charge is 0.276 e. The number of nitro benzene ring substituents is 1. The number of halogens is 2. The van der Waals surface area contributed by atoms with Crippen molar-refractivity contribution in [3.63, 3.8) is 0 Å². The lowest BCUT2D eigenvalue weighted by Gasteiger charge is -2.25. The van der Waals surface area contributed by atoms with E-state index in [0.717, 1.165) is 5.56 Å². The molecule has 0 aliphatic carbocycles. The van der Waals surface area contributed by atoms with Crippen LogP contribution in [0.5, 0.6) is 5.75 Å². The lowest BCUT2D eigenvalue weighted by molar-refractivity contribution is -0.384. The van der Waals surface area contributed by atoms with Crippen LogP contribution >= 0.6 is 23.2 Å². The lowest BCUT2D eigenvalue weighted by Crippen LogP contribution is -2.30. The fourth-order valence-electron chi connectivity index (χ4n) is 3.55. The third kappa shape index (κ3) is 4.00. The summed E-state index contributed by atoms with van der Waals surface area (Å²) in [5, 5.41) is 14.4. The highest BCUT2D eigenvalue weighted by molar-refractivity contribution is 6.40. The van der Waals surface area contributed by atoms with Crippen molar-refractivity contribution >= 4 is 46.6 Å². The predicted molar refractivity (Wildman–Crippen MR) is 124 cm³/mol. The minimum absolute atomic E-state index is 0.00109. The maximum atomic E-state index is 13.5. The number of benzene rings is 3. The van der Waals surface area contributed by atoms with Gasteiger partial charge in [-0.3, -0.25) is 19.8 Å².